The Balaban J connectivity index is 2.05. The number of benzene rings is 1. The lowest BCUT2D eigenvalue weighted by Crippen LogP contribution is -2.39. The van der Waals surface area contributed by atoms with Crippen molar-refractivity contribution in [1.29, 1.82) is 0 Å². The fourth-order valence-corrected chi connectivity index (χ4v) is 3.15. The molecule has 1 aromatic carbocycles. The van der Waals surface area contributed by atoms with Crippen LogP contribution < -0.4 is 11.1 Å². The van der Waals surface area contributed by atoms with Crippen LogP contribution in [0, 0.1) is 11.8 Å². The van der Waals surface area contributed by atoms with E-state index in [2.05, 4.69) is 19.2 Å². The molecule has 0 radical (unpaired) electrons. The number of nitrogens with one attached hydrogen (secondary N) is 1. The number of nitrogen functional groups attached to an aromatic ring is 1. The second-order valence-electron chi connectivity index (χ2n) is 5.79. The summed E-state index contributed by atoms with van der Waals surface area (Å²) in [6.45, 7) is 4.50. The molecule has 1 amide bonds. The van der Waals surface area contributed by atoms with Crippen LogP contribution in [0.3, 0.4) is 0 Å². The SMILES string of the molecule is CC1CCC(NC(=O)c2cc(Cl)c(N)c(Cl)c2)CC1C. The fourth-order valence-electron chi connectivity index (χ4n) is 2.66. The maximum Gasteiger partial charge on any atom is 0.251 e. The summed E-state index contributed by atoms with van der Waals surface area (Å²) < 4.78 is 0. The Bertz CT molecular complexity index is 496. The average molecular weight is 315 g/mol. The zero-order chi connectivity index (χ0) is 14.9. The van der Waals surface area contributed by atoms with Crippen LogP contribution >= 0.6 is 23.2 Å². The van der Waals surface area contributed by atoms with E-state index in [4.69, 9.17) is 28.9 Å². The van der Waals surface area contributed by atoms with Crippen molar-refractivity contribution in [2.75, 3.05) is 5.73 Å². The molecule has 2 rings (SSSR count). The van der Waals surface area contributed by atoms with Crippen molar-refractivity contribution in [2.24, 2.45) is 11.8 Å². The van der Waals surface area contributed by atoms with Crippen LogP contribution in [0.25, 0.3) is 0 Å². The summed E-state index contributed by atoms with van der Waals surface area (Å²) in [5.41, 5.74) is 6.44. The van der Waals surface area contributed by atoms with E-state index in [0.717, 1.165) is 25.2 Å². The predicted molar refractivity (Wildman–Crippen MR) is 84.3 cm³/mol. The molecule has 3 atom stereocenters. The van der Waals surface area contributed by atoms with Gasteiger partial charge in [0.15, 0.2) is 0 Å². The van der Waals surface area contributed by atoms with Crippen LogP contribution in [0.15, 0.2) is 12.1 Å². The maximum atomic E-state index is 12.2. The van der Waals surface area contributed by atoms with E-state index < -0.39 is 0 Å². The van der Waals surface area contributed by atoms with Gasteiger partial charge >= 0.3 is 0 Å². The fraction of sp³-hybridized carbons (Fsp3) is 0.533. The van der Waals surface area contributed by atoms with Crippen molar-refractivity contribution in [3.05, 3.63) is 27.7 Å². The lowest BCUT2D eigenvalue weighted by molar-refractivity contribution is 0.0910. The zero-order valence-corrected chi connectivity index (χ0v) is 13.3. The van der Waals surface area contributed by atoms with Gasteiger partial charge in [-0.1, -0.05) is 37.0 Å². The molecule has 3 N–H and O–H groups in total. The number of carbonyl (C=O) groups is 1. The van der Waals surface area contributed by atoms with E-state index in [1.165, 1.54) is 0 Å². The molecule has 0 spiro atoms. The number of carbonyl (C=O) groups excluding carboxylic acids is 1. The molecule has 20 heavy (non-hydrogen) atoms. The van der Waals surface area contributed by atoms with Crippen molar-refractivity contribution < 1.29 is 4.79 Å². The van der Waals surface area contributed by atoms with Crippen LogP contribution in [0.1, 0.15) is 43.5 Å². The van der Waals surface area contributed by atoms with Gasteiger partial charge in [0.05, 0.1) is 15.7 Å². The largest absolute Gasteiger partial charge is 0.396 e. The summed E-state index contributed by atoms with van der Waals surface area (Å²) in [6.07, 6.45) is 3.19. The molecule has 0 aliphatic heterocycles. The van der Waals surface area contributed by atoms with Crippen LogP contribution in [0.5, 0.6) is 0 Å². The number of hydrogen-bond acceptors (Lipinski definition) is 2. The monoisotopic (exact) mass is 314 g/mol. The molecule has 110 valence electrons. The Morgan fingerprint density at radius 2 is 1.80 bits per heavy atom. The Kier molecular flexibility index (Phi) is 4.82. The first kappa shape index (κ1) is 15.5. The molecule has 0 heterocycles. The maximum absolute atomic E-state index is 12.2. The topological polar surface area (TPSA) is 55.1 Å². The second kappa shape index (κ2) is 6.23. The van der Waals surface area contributed by atoms with Gasteiger partial charge in [-0.2, -0.15) is 0 Å². The van der Waals surface area contributed by atoms with Gasteiger partial charge in [0.1, 0.15) is 0 Å². The Morgan fingerprint density at radius 1 is 1.20 bits per heavy atom. The third-order valence-electron chi connectivity index (χ3n) is 4.27. The van der Waals surface area contributed by atoms with Gasteiger partial charge in [0.25, 0.3) is 5.91 Å². The first-order chi connectivity index (χ1) is 9.38. The Hall–Kier alpha value is -0.930. The number of hydrogen-bond donors (Lipinski definition) is 2. The third kappa shape index (κ3) is 3.39. The van der Waals surface area contributed by atoms with Gasteiger partial charge in [-0.3, -0.25) is 4.79 Å². The lowest BCUT2D eigenvalue weighted by atomic mass is 9.79. The van der Waals surface area contributed by atoms with Crippen LogP contribution in [-0.4, -0.2) is 11.9 Å². The van der Waals surface area contributed by atoms with Crippen LogP contribution in [0.4, 0.5) is 5.69 Å². The van der Waals surface area contributed by atoms with Crippen molar-refractivity contribution in [3.8, 4) is 0 Å². The van der Waals surface area contributed by atoms with Gasteiger partial charge in [0.2, 0.25) is 0 Å². The van der Waals surface area contributed by atoms with E-state index in [1.807, 2.05) is 0 Å². The molecular formula is C15H20Cl2N2O. The van der Waals surface area contributed by atoms with Crippen molar-refractivity contribution >= 4 is 34.8 Å². The first-order valence-electron chi connectivity index (χ1n) is 6.94. The molecule has 0 saturated heterocycles. The smallest absolute Gasteiger partial charge is 0.251 e. The minimum Gasteiger partial charge on any atom is -0.396 e. The minimum absolute atomic E-state index is 0.138. The standard InChI is InChI=1S/C15H20Cl2N2O/c1-8-3-4-11(5-9(8)2)19-15(20)10-6-12(16)14(18)13(17)7-10/h6-9,11H,3-5,18H2,1-2H3,(H,19,20). The summed E-state index contributed by atoms with van der Waals surface area (Å²) in [7, 11) is 0. The predicted octanol–water partition coefficient (Wildman–Crippen LogP) is 4.13. The summed E-state index contributed by atoms with van der Waals surface area (Å²) in [5, 5.41) is 3.69. The molecule has 1 fully saturated rings. The van der Waals surface area contributed by atoms with E-state index in [-0.39, 0.29) is 11.9 Å². The Morgan fingerprint density at radius 3 is 2.35 bits per heavy atom. The highest BCUT2D eigenvalue weighted by molar-refractivity contribution is 6.39. The highest BCUT2D eigenvalue weighted by Gasteiger charge is 2.26. The molecule has 1 aliphatic rings. The molecule has 3 unspecified atom stereocenters. The normalized spacial score (nSPS) is 26.3. The molecule has 1 saturated carbocycles. The molecular weight excluding hydrogens is 295 g/mol. The zero-order valence-electron chi connectivity index (χ0n) is 11.7. The third-order valence-corrected chi connectivity index (χ3v) is 4.90. The van der Waals surface area contributed by atoms with E-state index >= 15 is 0 Å². The summed E-state index contributed by atoms with van der Waals surface area (Å²) >= 11 is 11.9. The van der Waals surface area contributed by atoms with Crippen molar-refractivity contribution in [2.45, 2.75) is 39.2 Å². The Labute approximate surface area is 129 Å². The van der Waals surface area contributed by atoms with Gasteiger partial charge in [0, 0.05) is 11.6 Å². The van der Waals surface area contributed by atoms with E-state index in [0.29, 0.717) is 27.2 Å². The molecule has 3 nitrogen and oxygen atoms in total. The molecule has 1 aliphatic carbocycles. The molecule has 1 aromatic rings. The number of nitrogens with two attached hydrogens (primary N) is 1. The van der Waals surface area contributed by atoms with Gasteiger partial charge in [-0.25, -0.2) is 0 Å². The van der Waals surface area contributed by atoms with E-state index in [1.54, 1.807) is 12.1 Å². The van der Waals surface area contributed by atoms with Crippen LogP contribution in [-0.2, 0) is 0 Å². The van der Waals surface area contributed by atoms with Gasteiger partial charge in [-0.05, 0) is 43.2 Å². The van der Waals surface area contributed by atoms with E-state index in [9.17, 15) is 4.79 Å². The molecule has 0 bridgehead atoms. The summed E-state index contributed by atoms with van der Waals surface area (Å²) in [5.74, 6) is 1.22. The lowest BCUT2D eigenvalue weighted by Gasteiger charge is -2.32. The molecule has 0 aromatic heterocycles. The van der Waals surface area contributed by atoms with Gasteiger partial charge < -0.3 is 11.1 Å². The summed E-state index contributed by atoms with van der Waals surface area (Å²) in [6, 6.07) is 3.35. The number of anilines is 1. The minimum atomic E-state index is -0.138. The van der Waals surface area contributed by atoms with Crippen molar-refractivity contribution in [1.82, 2.24) is 5.32 Å². The second-order valence-corrected chi connectivity index (χ2v) is 6.61. The summed E-state index contributed by atoms with van der Waals surface area (Å²) in [4.78, 5) is 12.2. The number of halogens is 2. The number of rotatable bonds is 2. The van der Waals surface area contributed by atoms with Gasteiger partial charge in [-0.15, -0.1) is 0 Å². The highest BCUT2D eigenvalue weighted by atomic mass is 35.5. The molecule has 5 heteroatoms. The van der Waals surface area contributed by atoms with Crippen LogP contribution in [0.2, 0.25) is 10.0 Å². The number of amides is 1. The quantitative estimate of drug-likeness (QED) is 0.806. The van der Waals surface area contributed by atoms with Crippen molar-refractivity contribution in [3.63, 3.8) is 0 Å². The highest BCUT2D eigenvalue weighted by Crippen LogP contribution is 2.31. The first-order valence-corrected chi connectivity index (χ1v) is 7.69. The average Bonchev–Trinajstić information content (AvgIpc) is 2.39.